The maximum Gasteiger partial charge on any atom is 0.134 e. The van der Waals surface area contributed by atoms with Crippen LogP contribution in [0.5, 0.6) is 0 Å². The summed E-state index contributed by atoms with van der Waals surface area (Å²) in [6.45, 7) is 0.487. The molecule has 4 nitrogen and oxygen atoms in total. The number of methoxy groups -OCH3 is 1. The van der Waals surface area contributed by atoms with E-state index in [4.69, 9.17) is 19.6 Å². The summed E-state index contributed by atoms with van der Waals surface area (Å²) in [5.41, 5.74) is 7.07. The molecular formula is C17H23NO3. The van der Waals surface area contributed by atoms with Crippen molar-refractivity contribution >= 4 is 11.0 Å². The van der Waals surface area contributed by atoms with Crippen molar-refractivity contribution < 1.29 is 13.9 Å². The van der Waals surface area contributed by atoms with Gasteiger partial charge >= 0.3 is 0 Å². The van der Waals surface area contributed by atoms with Gasteiger partial charge in [0.05, 0.1) is 24.9 Å². The monoisotopic (exact) mass is 289 g/mol. The van der Waals surface area contributed by atoms with Gasteiger partial charge in [-0.2, -0.15) is 0 Å². The Balaban J connectivity index is 1.57. The van der Waals surface area contributed by atoms with Crippen LogP contribution < -0.4 is 5.73 Å². The van der Waals surface area contributed by atoms with E-state index < -0.39 is 0 Å². The third kappa shape index (κ3) is 3.46. The van der Waals surface area contributed by atoms with Crippen LogP contribution in [0.25, 0.3) is 11.0 Å². The fourth-order valence-electron chi connectivity index (χ4n) is 2.97. The molecule has 0 radical (unpaired) electrons. The molecule has 3 atom stereocenters. The van der Waals surface area contributed by atoms with Crippen LogP contribution in [0.2, 0.25) is 0 Å². The van der Waals surface area contributed by atoms with Crippen molar-refractivity contribution in [3.63, 3.8) is 0 Å². The first-order chi connectivity index (χ1) is 10.3. The number of benzene rings is 1. The number of para-hydroxylation sites is 1. The second-order valence-electron chi connectivity index (χ2n) is 5.77. The summed E-state index contributed by atoms with van der Waals surface area (Å²) in [5, 5.41) is 1.08. The highest BCUT2D eigenvalue weighted by Gasteiger charge is 2.23. The van der Waals surface area contributed by atoms with Crippen LogP contribution in [0.3, 0.4) is 0 Å². The van der Waals surface area contributed by atoms with Crippen LogP contribution in [-0.2, 0) is 9.47 Å². The molecule has 1 aliphatic rings. The van der Waals surface area contributed by atoms with Crippen LogP contribution in [-0.4, -0.2) is 25.9 Å². The lowest BCUT2D eigenvalue weighted by Gasteiger charge is -2.28. The van der Waals surface area contributed by atoms with E-state index in [1.165, 1.54) is 0 Å². The summed E-state index contributed by atoms with van der Waals surface area (Å²) in [4.78, 5) is 0. The largest absolute Gasteiger partial charge is 0.459 e. The summed E-state index contributed by atoms with van der Waals surface area (Å²) < 4.78 is 17.2. The Morgan fingerprint density at radius 1 is 1.29 bits per heavy atom. The van der Waals surface area contributed by atoms with Gasteiger partial charge in [0.25, 0.3) is 0 Å². The van der Waals surface area contributed by atoms with Crippen molar-refractivity contribution in [3.05, 3.63) is 36.1 Å². The van der Waals surface area contributed by atoms with Gasteiger partial charge in [-0.1, -0.05) is 18.2 Å². The van der Waals surface area contributed by atoms with Crippen LogP contribution in [0, 0.1) is 0 Å². The Kier molecular flexibility index (Phi) is 4.58. The Hall–Kier alpha value is -1.36. The lowest BCUT2D eigenvalue weighted by atomic mass is 9.95. The van der Waals surface area contributed by atoms with E-state index >= 15 is 0 Å². The first-order valence-electron chi connectivity index (χ1n) is 7.64. The molecule has 2 aromatic rings. The van der Waals surface area contributed by atoms with Gasteiger partial charge in [-0.15, -0.1) is 0 Å². The molecule has 1 fully saturated rings. The number of furan rings is 1. The molecule has 3 rings (SSSR count). The molecule has 1 aromatic heterocycles. The number of hydrogen-bond acceptors (Lipinski definition) is 4. The molecular weight excluding hydrogens is 266 g/mol. The van der Waals surface area contributed by atoms with E-state index in [2.05, 4.69) is 0 Å². The Labute approximate surface area is 125 Å². The minimum Gasteiger partial charge on any atom is -0.459 e. The van der Waals surface area contributed by atoms with Gasteiger partial charge in [-0.05, 0) is 37.8 Å². The average Bonchev–Trinajstić information content (AvgIpc) is 2.97. The molecule has 0 aliphatic heterocycles. The van der Waals surface area contributed by atoms with Gasteiger partial charge in [0.1, 0.15) is 11.3 Å². The van der Waals surface area contributed by atoms with Crippen molar-refractivity contribution in [3.8, 4) is 0 Å². The van der Waals surface area contributed by atoms with Crippen molar-refractivity contribution in [2.24, 2.45) is 5.73 Å². The van der Waals surface area contributed by atoms with E-state index in [1.54, 1.807) is 7.11 Å². The molecule has 0 bridgehead atoms. The second-order valence-corrected chi connectivity index (χ2v) is 5.77. The molecule has 21 heavy (non-hydrogen) atoms. The number of rotatable bonds is 5. The molecule has 1 saturated carbocycles. The van der Waals surface area contributed by atoms with E-state index in [-0.39, 0.29) is 12.1 Å². The lowest BCUT2D eigenvalue weighted by molar-refractivity contribution is -0.0342. The maximum absolute atomic E-state index is 6.19. The summed E-state index contributed by atoms with van der Waals surface area (Å²) in [5.74, 6) is 0.787. The second kappa shape index (κ2) is 6.60. The Morgan fingerprint density at radius 2 is 2.10 bits per heavy atom. The maximum atomic E-state index is 6.19. The van der Waals surface area contributed by atoms with Crippen molar-refractivity contribution in [1.82, 2.24) is 0 Å². The molecule has 4 heteroatoms. The quantitative estimate of drug-likeness (QED) is 0.916. The van der Waals surface area contributed by atoms with E-state index in [1.807, 2.05) is 30.3 Å². The topological polar surface area (TPSA) is 57.6 Å². The minimum atomic E-state index is -0.222. The van der Waals surface area contributed by atoms with E-state index in [0.29, 0.717) is 12.7 Å². The number of hydrogen-bond donors (Lipinski definition) is 1. The normalized spacial score (nSPS) is 24.3. The smallest absolute Gasteiger partial charge is 0.134 e. The lowest BCUT2D eigenvalue weighted by Crippen LogP contribution is -2.30. The number of ether oxygens (including phenoxy) is 2. The fourth-order valence-corrected chi connectivity index (χ4v) is 2.97. The standard InChI is InChI=1S/C17H23NO3/c1-19-13-6-4-7-14(10-13)20-11-15(18)17-9-12-5-2-3-8-16(12)21-17/h2-3,5,8-9,13-15H,4,6-7,10-11,18H2,1H3. The van der Waals surface area contributed by atoms with Gasteiger partial charge in [-0.25, -0.2) is 0 Å². The first-order valence-corrected chi connectivity index (χ1v) is 7.64. The van der Waals surface area contributed by atoms with Crippen molar-refractivity contribution in [2.45, 2.75) is 43.9 Å². The average molecular weight is 289 g/mol. The van der Waals surface area contributed by atoms with Crippen LogP contribution in [0.1, 0.15) is 37.5 Å². The van der Waals surface area contributed by atoms with Gasteiger partial charge < -0.3 is 19.6 Å². The molecule has 1 aromatic carbocycles. The summed E-state index contributed by atoms with van der Waals surface area (Å²) in [6.07, 6.45) is 4.91. The number of nitrogens with two attached hydrogens (primary N) is 1. The highest BCUT2D eigenvalue weighted by molar-refractivity contribution is 5.77. The van der Waals surface area contributed by atoms with E-state index in [9.17, 15) is 0 Å². The molecule has 1 heterocycles. The third-order valence-electron chi connectivity index (χ3n) is 4.23. The van der Waals surface area contributed by atoms with E-state index in [0.717, 1.165) is 42.4 Å². The highest BCUT2D eigenvalue weighted by Crippen LogP contribution is 2.26. The minimum absolute atomic E-state index is 0.222. The highest BCUT2D eigenvalue weighted by atomic mass is 16.5. The zero-order valence-corrected chi connectivity index (χ0v) is 12.5. The first kappa shape index (κ1) is 14.6. The van der Waals surface area contributed by atoms with Crippen LogP contribution in [0.15, 0.2) is 34.7 Å². The predicted molar refractivity (Wildman–Crippen MR) is 82.1 cm³/mol. The van der Waals surface area contributed by atoms with Gasteiger partial charge in [0.2, 0.25) is 0 Å². The van der Waals surface area contributed by atoms with Crippen molar-refractivity contribution in [1.29, 1.82) is 0 Å². The third-order valence-corrected chi connectivity index (χ3v) is 4.23. The molecule has 0 spiro atoms. The zero-order valence-electron chi connectivity index (χ0n) is 12.5. The molecule has 0 amide bonds. The summed E-state index contributed by atoms with van der Waals surface area (Å²) in [6, 6.07) is 9.72. The molecule has 2 N–H and O–H groups in total. The van der Waals surface area contributed by atoms with Gasteiger partial charge in [0, 0.05) is 12.5 Å². The van der Waals surface area contributed by atoms with Crippen LogP contribution >= 0.6 is 0 Å². The van der Waals surface area contributed by atoms with Gasteiger partial charge in [-0.3, -0.25) is 0 Å². The SMILES string of the molecule is COC1CCCC(OCC(N)c2cc3ccccc3o2)C1. The fraction of sp³-hybridized carbons (Fsp3) is 0.529. The summed E-state index contributed by atoms with van der Waals surface area (Å²) in [7, 11) is 1.77. The molecule has 114 valence electrons. The number of fused-ring (bicyclic) bond motifs is 1. The predicted octanol–water partition coefficient (Wildman–Crippen LogP) is 3.41. The zero-order chi connectivity index (χ0) is 14.7. The van der Waals surface area contributed by atoms with Gasteiger partial charge in [0.15, 0.2) is 0 Å². The molecule has 1 aliphatic carbocycles. The Morgan fingerprint density at radius 3 is 2.90 bits per heavy atom. The molecule has 3 unspecified atom stereocenters. The molecule has 0 saturated heterocycles. The van der Waals surface area contributed by atoms with Crippen molar-refractivity contribution in [2.75, 3.05) is 13.7 Å². The Bertz CT molecular complexity index is 547. The summed E-state index contributed by atoms with van der Waals surface area (Å²) >= 11 is 0. The van der Waals surface area contributed by atoms with Crippen LogP contribution in [0.4, 0.5) is 0 Å².